The molecule has 0 unspecified atom stereocenters. The molecule has 3 heteroatoms. The zero-order valence-corrected chi connectivity index (χ0v) is 9.85. The fraction of sp³-hybridized carbons (Fsp3) is 0.385. The molecule has 1 aliphatic rings. The molecular weight excluding hydrogens is 220 g/mol. The summed E-state index contributed by atoms with van der Waals surface area (Å²) in [5.74, 6) is 0.612. The first-order chi connectivity index (χ1) is 7.75. The summed E-state index contributed by atoms with van der Waals surface area (Å²) in [5.41, 5.74) is 8.86. The predicted molar refractivity (Wildman–Crippen MR) is 68.9 cm³/mol. The first kappa shape index (κ1) is 10.0. The van der Waals surface area contributed by atoms with Gasteiger partial charge >= 0.3 is 0 Å². The number of nitrogens with two attached hydrogens (primary N) is 1. The van der Waals surface area contributed by atoms with Crippen LogP contribution in [0.1, 0.15) is 37.3 Å². The Morgan fingerprint density at radius 3 is 2.75 bits per heavy atom. The quantitative estimate of drug-likeness (QED) is 0.718. The van der Waals surface area contributed by atoms with Crippen molar-refractivity contribution in [3.05, 3.63) is 28.9 Å². The molecule has 2 nitrogen and oxygen atoms in total. The van der Waals surface area contributed by atoms with E-state index in [-0.39, 0.29) is 0 Å². The number of fused-ring (bicyclic) bond motifs is 1. The molecule has 0 radical (unpaired) electrons. The summed E-state index contributed by atoms with van der Waals surface area (Å²) in [5, 5.41) is 1.93. The summed E-state index contributed by atoms with van der Waals surface area (Å²) in [6.07, 6.45) is 5.14. The van der Waals surface area contributed by atoms with E-state index in [4.69, 9.17) is 17.3 Å². The van der Waals surface area contributed by atoms with Crippen LogP contribution in [0.15, 0.2) is 18.2 Å². The molecule has 3 rings (SSSR count). The van der Waals surface area contributed by atoms with Crippen molar-refractivity contribution >= 4 is 28.2 Å². The van der Waals surface area contributed by atoms with Gasteiger partial charge in [-0.05, 0) is 31.0 Å². The number of nitrogen functional groups attached to an aromatic ring is 1. The molecule has 1 aliphatic carbocycles. The van der Waals surface area contributed by atoms with Gasteiger partial charge in [-0.25, -0.2) is 0 Å². The van der Waals surface area contributed by atoms with Crippen molar-refractivity contribution in [3.8, 4) is 0 Å². The van der Waals surface area contributed by atoms with Gasteiger partial charge < -0.3 is 10.7 Å². The minimum Gasteiger partial charge on any atom is -0.399 e. The van der Waals surface area contributed by atoms with Crippen molar-refractivity contribution < 1.29 is 0 Å². The highest BCUT2D eigenvalue weighted by molar-refractivity contribution is 6.36. The van der Waals surface area contributed by atoms with Gasteiger partial charge in [0.1, 0.15) is 0 Å². The third-order valence-electron chi connectivity index (χ3n) is 3.55. The van der Waals surface area contributed by atoms with Crippen LogP contribution in [0, 0.1) is 0 Å². The van der Waals surface area contributed by atoms with Gasteiger partial charge in [0, 0.05) is 28.2 Å². The number of benzene rings is 1. The Morgan fingerprint density at radius 2 is 2.00 bits per heavy atom. The first-order valence-corrected chi connectivity index (χ1v) is 6.20. The van der Waals surface area contributed by atoms with Gasteiger partial charge in [0.25, 0.3) is 0 Å². The number of H-pyrrole nitrogens is 1. The normalized spacial score (nSPS) is 17.3. The van der Waals surface area contributed by atoms with Gasteiger partial charge in [-0.3, -0.25) is 0 Å². The zero-order chi connectivity index (χ0) is 11.1. The van der Waals surface area contributed by atoms with E-state index in [2.05, 4.69) is 4.98 Å². The van der Waals surface area contributed by atoms with Gasteiger partial charge in [-0.15, -0.1) is 0 Å². The van der Waals surface area contributed by atoms with Crippen molar-refractivity contribution in [1.82, 2.24) is 4.98 Å². The molecule has 2 aromatic rings. The Morgan fingerprint density at radius 1 is 1.25 bits per heavy atom. The lowest BCUT2D eigenvalue weighted by Gasteiger charge is -2.06. The van der Waals surface area contributed by atoms with Gasteiger partial charge in [0.15, 0.2) is 0 Å². The topological polar surface area (TPSA) is 41.8 Å². The minimum atomic E-state index is 0.612. The summed E-state index contributed by atoms with van der Waals surface area (Å²) in [7, 11) is 0. The number of hydrogen-bond acceptors (Lipinski definition) is 1. The van der Waals surface area contributed by atoms with Gasteiger partial charge in [0.2, 0.25) is 0 Å². The Labute approximate surface area is 99.8 Å². The monoisotopic (exact) mass is 234 g/mol. The van der Waals surface area contributed by atoms with Crippen LogP contribution in [0.5, 0.6) is 0 Å². The molecule has 0 spiro atoms. The lowest BCUT2D eigenvalue weighted by molar-refractivity contribution is 0.705. The van der Waals surface area contributed by atoms with E-state index in [0.717, 1.165) is 21.6 Å². The molecule has 0 atom stereocenters. The van der Waals surface area contributed by atoms with Crippen LogP contribution in [0.25, 0.3) is 10.9 Å². The molecular formula is C13H15ClN2. The smallest absolute Gasteiger partial charge is 0.0695 e. The SMILES string of the molecule is Nc1ccc2[nH]c(C3CCCC3)c(Cl)c2c1. The summed E-state index contributed by atoms with van der Waals surface area (Å²) < 4.78 is 0. The van der Waals surface area contributed by atoms with Crippen molar-refractivity contribution in [3.63, 3.8) is 0 Å². The van der Waals surface area contributed by atoms with Crippen LogP contribution in [-0.2, 0) is 0 Å². The molecule has 1 heterocycles. The van der Waals surface area contributed by atoms with Crippen LogP contribution < -0.4 is 5.73 Å². The number of aromatic amines is 1. The second kappa shape index (κ2) is 3.70. The Kier molecular flexibility index (Phi) is 2.32. The van der Waals surface area contributed by atoms with Gasteiger partial charge in [0.05, 0.1) is 5.02 Å². The highest BCUT2D eigenvalue weighted by atomic mass is 35.5. The highest BCUT2D eigenvalue weighted by Gasteiger charge is 2.22. The molecule has 0 aliphatic heterocycles. The summed E-state index contributed by atoms with van der Waals surface area (Å²) >= 11 is 6.42. The molecule has 1 fully saturated rings. The van der Waals surface area contributed by atoms with E-state index in [0.29, 0.717) is 5.92 Å². The van der Waals surface area contributed by atoms with Crippen molar-refractivity contribution in [2.75, 3.05) is 5.73 Å². The standard InChI is InChI=1S/C13H15ClN2/c14-12-10-7-9(15)5-6-11(10)16-13(12)8-3-1-2-4-8/h5-8,16H,1-4,15H2. The summed E-state index contributed by atoms with van der Waals surface area (Å²) in [6, 6.07) is 5.87. The van der Waals surface area contributed by atoms with Crippen LogP contribution in [-0.4, -0.2) is 4.98 Å². The molecule has 1 saturated carbocycles. The van der Waals surface area contributed by atoms with E-state index >= 15 is 0 Å². The Balaban J connectivity index is 2.15. The molecule has 1 aromatic heterocycles. The van der Waals surface area contributed by atoms with E-state index in [1.165, 1.54) is 31.4 Å². The van der Waals surface area contributed by atoms with Crippen LogP contribution >= 0.6 is 11.6 Å². The molecule has 0 saturated heterocycles. The summed E-state index contributed by atoms with van der Waals surface area (Å²) in [4.78, 5) is 3.45. The maximum atomic E-state index is 6.42. The lowest BCUT2D eigenvalue weighted by Crippen LogP contribution is -1.92. The van der Waals surface area contributed by atoms with Crippen LogP contribution in [0.4, 0.5) is 5.69 Å². The van der Waals surface area contributed by atoms with Crippen LogP contribution in [0.2, 0.25) is 5.02 Å². The number of aromatic nitrogens is 1. The fourth-order valence-electron chi connectivity index (χ4n) is 2.69. The number of anilines is 1. The zero-order valence-electron chi connectivity index (χ0n) is 9.09. The van der Waals surface area contributed by atoms with Gasteiger partial charge in [-0.1, -0.05) is 24.4 Å². The average Bonchev–Trinajstić information content (AvgIpc) is 2.87. The van der Waals surface area contributed by atoms with Crippen molar-refractivity contribution in [1.29, 1.82) is 0 Å². The molecule has 1 aromatic carbocycles. The fourth-order valence-corrected chi connectivity index (χ4v) is 3.05. The van der Waals surface area contributed by atoms with Crippen molar-refractivity contribution in [2.45, 2.75) is 31.6 Å². The molecule has 0 bridgehead atoms. The number of nitrogens with one attached hydrogen (secondary N) is 1. The van der Waals surface area contributed by atoms with E-state index in [1.807, 2.05) is 18.2 Å². The number of hydrogen-bond donors (Lipinski definition) is 2. The molecule has 0 amide bonds. The highest BCUT2D eigenvalue weighted by Crippen LogP contribution is 2.40. The lowest BCUT2D eigenvalue weighted by atomic mass is 10.0. The van der Waals surface area contributed by atoms with Crippen molar-refractivity contribution in [2.24, 2.45) is 0 Å². The van der Waals surface area contributed by atoms with Gasteiger partial charge in [-0.2, -0.15) is 0 Å². The molecule has 3 N–H and O–H groups in total. The minimum absolute atomic E-state index is 0.612. The molecule has 16 heavy (non-hydrogen) atoms. The maximum Gasteiger partial charge on any atom is 0.0695 e. The average molecular weight is 235 g/mol. The Hall–Kier alpha value is -1.15. The summed E-state index contributed by atoms with van der Waals surface area (Å²) in [6.45, 7) is 0. The second-order valence-electron chi connectivity index (χ2n) is 4.64. The number of halogens is 1. The number of rotatable bonds is 1. The van der Waals surface area contributed by atoms with E-state index in [1.54, 1.807) is 0 Å². The molecule has 84 valence electrons. The van der Waals surface area contributed by atoms with E-state index < -0.39 is 0 Å². The van der Waals surface area contributed by atoms with Crippen LogP contribution in [0.3, 0.4) is 0 Å². The second-order valence-corrected chi connectivity index (χ2v) is 5.02. The third kappa shape index (κ3) is 1.49. The largest absolute Gasteiger partial charge is 0.399 e. The van der Waals surface area contributed by atoms with E-state index in [9.17, 15) is 0 Å². The predicted octanol–water partition coefficient (Wildman–Crippen LogP) is 4.06. The Bertz CT molecular complexity index is 524. The third-order valence-corrected chi connectivity index (χ3v) is 3.96. The maximum absolute atomic E-state index is 6.42. The first-order valence-electron chi connectivity index (χ1n) is 5.82.